The van der Waals surface area contributed by atoms with Crippen LogP contribution in [0.5, 0.6) is 11.5 Å². The average Bonchev–Trinajstić information content (AvgIpc) is 3.49. The number of methoxy groups -OCH3 is 4. The van der Waals surface area contributed by atoms with Crippen LogP contribution in [0.3, 0.4) is 0 Å². The van der Waals surface area contributed by atoms with Gasteiger partial charge in [-0.25, -0.2) is 0 Å². The van der Waals surface area contributed by atoms with Crippen LogP contribution in [-0.2, 0) is 49.2 Å². The van der Waals surface area contributed by atoms with E-state index in [2.05, 4.69) is 52.3 Å². The van der Waals surface area contributed by atoms with Crippen molar-refractivity contribution in [1.29, 1.82) is 0 Å². The Labute approximate surface area is 461 Å². The van der Waals surface area contributed by atoms with Crippen molar-refractivity contribution in [3.63, 3.8) is 0 Å². The first-order chi connectivity index (χ1) is 37.2. The number of rotatable bonds is 21. The monoisotopic (exact) mass is 1130 g/mol. The number of hydrogen-bond donors (Lipinski definition) is 3. The Morgan fingerprint density at radius 2 is 1.01 bits per heavy atom. The smallest absolute Gasteiger partial charge is 0.299 e. The minimum Gasteiger partial charge on any atom is -0.496 e. The van der Waals surface area contributed by atoms with Crippen molar-refractivity contribution in [1.82, 2.24) is 28.9 Å². The van der Waals surface area contributed by atoms with Gasteiger partial charge in [0, 0.05) is 100 Å². The lowest BCUT2D eigenvalue weighted by molar-refractivity contribution is 0.0659. The Morgan fingerprint density at radius 3 is 1.43 bits per heavy atom. The fraction of sp³-hybridized carbons (Fsp3) is 0.536. The maximum Gasteiger partial charge on any atom is 0.299 e. The summed E-state index contributed by atoms with van der Waals surface area (Å²) in [6.45, 7) is 6.48. The van der Waals surface area contributed by atoms with Gasteiger partial charge in [-0.1, -0.05) is 84.9 Å². The molecule has 4 aromatic carbocycles. The Balaban J connectivity index is 0.000000216. The number of para-hydroxylation sites is 2. The summed E-state index contributed by atoms with van der Waals surface area (Å²) >= 11 is 0. The highest BCUT2D eigenvalue weighted by atomic mass is 35.7. The number of hydrogen-bond acceptors (Lipinski definition) is 13. The van der Waals surface area contributed by atoms with Crippen LogP contribution < -0.4 is 25.4 Å². The van der Waals surface area contributed by atoms with Gasteiger partial charge in [-0.3, -0.25) is 9.59 Å². The fourth-order valence-corrected chi connectivity index (χ4v) is 13.4. The van der Waals surface area contributed by atoms with Gasteiger partial charge in [0.15, 0.2) is 0 Å². The molecule has 21 heteroatoms. The Bertz CT molecular complexity index is 2630. The number of carbonyl (C=O) groups excluding carboxylic acids is 2. The van der Waals surface area contributed by atoms with Crippen LogP contribution >= 0.6 is 10.7 Å². The van der Waals surface area contributed by atoms with Crippen LogP contribution in [-0.4, -0.2) is 174 Å². The number of nitrogens with one attached hydrogen (secondary N) is 3. The van der Waals surface area contributed by atoms with Crippen LogP contribution in [0.2, 0.25) is 0 Å². The van der Waals surface area contributed by atoms with Gasteiger partial charge in [0.25, 0.3) is 31.3 Å². The largest absolute Gasteiger partial charge is 0.496 e. The van der Waals surface area contributed by atoms with E-state index in [-0.39, 0.29) is 28.7 Å². The molecular formula is C56H79ClN6O12S2. The lowest BCUT2D eigenvalue weighted by Crippen LogP contribution is -2.55. The predicted molar refractivity (Wildman–Crippen MR) is 298 cm³/mol. The number of morpholine rings is 2. The SMILES string of the molecule is COCCN(C1CCC(CNC(=O)c2ccccc2OC)(c2ccccc2)CC1)S(=O)(=O)N1CCOCC1.COCCNC1CCC(CNC(=O)c2ccccc2OC)(c2ccccc2)CC1.O=S(=O)(Cl)N1CCOCC1. The van der Waals surface area contributed by atoms with Crippen LogP contribution in [0, 0.1) is 0 Å². The van der Waals surface area contributed by atoms with Gasteiger partial charge < -0.3 is 44.4 Å². The summed E-state index contributed by atoms with van der Waals surface area (Å²) in [5.41, 5.74) is 3.18. The van der Waals surface area contributed by atoms with E-state index >= 15 is 0 Å². The molecule has 8 rings (SSSR count). The number of benzene rings is 4. The van der Waals surface area contributed by atoms with Gasteiger partial charge in [-0.2, -0.15) is 29.8 Å². The molecule has 18 nitrogen and oxygen atoms in total. The third kappa shape index (κ3) is 17.4. The van der Waals surface area contributed by atoms with Gasteiger partial charge in [0.05, 0.1) is 65.0 Å². The van der Waals surface area contributed by atoms with Crippen LogP contribution in [0.1, 0.15) is 83.2 Å². The molecule has 424 valence electrons. The molecule has 0 unspecified atom stereocenters. The predicted octanol–water partition coefficient (Wildman–Crippen LogP) is 6.17. The molecule has 0 atom stereocenters. The molecule has 0 bridgehead atoms. The molecule has 3 N–H and O–H groups in total. The quantitative estimate of drug-likeness (QED) is 0.0632. The van der Waals surface area contributed by atoms with Crippen LogP contribution in [0.15, 0.2) is 109 Å². The van der Waals surface area contributed by atoms with E-state index < -0.39 is 19.4 Å². The highest BCUT2D eigenvalue weighted by molar-refractivity contribution is 8.11. The minimum absolute atomic E-state index is 0.0433. The summed E-state index contributed by atoms with van der Waals surface area (Å²) in [6.07, 6.45) is 7.11. The van der Waals surface area contributed by atoms with E-state index in [1.807, 2.05) is 54.6 Å². The van der Waals surface area contributed by atoms with E-state index in [1.165, 1.54) is 14.2 Å². The molecule has 4 aliphatic rings. The topological polar surface area (TPSA) is 204 Å². The summed E-state index contributed by atoms with van der Waals surface area (Å²) in [5, 5.41) is 9.93. The molecular weight excluding hydrogens is 1050 g/mol. The number of ether oxygens (including phenoxy) is 6. The average molecular weight is 1130 g/mol. The van der Waals surface area contributed by atoms with Crippen LogP contribution in [0.25, 0.3) is 0 Å². The maximum atomic E-state index is 13.6. The van der Waals surface area contributed by atoms with Crippen LogP contribution in [0.4, 0.5) is 0 Å². The van der Waals surface area contributed by atoms with Gasteiger partial charge >= 0.3 is 0 Å². The van der Waals surface area contributed by atoms with Gasteiger partial charge in [0.2, 0.25) is 0 Å². The van der Waals surface area contributed by atoms with Crippen molar-refractivity contribution in [2.75, 3.05) is 120 Å². The summed E-state index contributed by atoms with van der Waals surface area (Å²) in [5.74, 6) is 0.865. The number of amides is 2. The van der Waals surface area contributed by atoms with Gasteiger partial charge in [0.1, 0.15) is 11.5 Å². The lowest BCUT2D eigenvalue weighted by Gasteiger charge is -2.44. The van der Waals surface area contributed by atoms with Crippen molar-refractivity contribution >= 4 is 41.9 Å². The second kappa shape index (κ2) is 30.6. The van der Waals surface area contributed by atoms with Crippen molar-refractivity contribution in [2.24, 2.45) is 0 Å². The third-order valence-corrected chi connectivity index (χ3v) is 18.7. The summed E-state index contributed by atoms with van der Waals surface area (Å²) in [7, 11) is 4.38. The molecule has 2 aliphatic heterocycles. The standard InChI is InChI=1S/C28H39N3O6S.C24H32N2O3.C4H8ClNO3S/c1-35-19-18-31(38(33,34)30-16-20-37-21-17-30)24-12-14-28(15-13-24,23-8-4-3-5-9-23)22-29-27(32)25-10-6-7-11-26(25)36-2;1-28-17-16-25-20-12-14-24(15-13-20,19-8-4-3-5-9-19)18-26-23(27)21-10-6-7-11-22(21)29-2;5-10(7,8)6-1-3-9-4-2-6/h3-11,24H,12-22H2,1-2H3,(H,29,32);3-11,20,25H,12-18H2,1-2H3,(H,26,27);1-4H2. The molecule has 77 heavy (non-hydrogen) atoms. The second-order valence-corrected chi connectivity index (χ2v) is 24.0. The first-order valence-electron chi connectivity index (χ1n) is 26.5. The van der Waals surface area contributed by atoms with E-state index in [0.717, 1.165) is 57.2 Å². The van der Waals surface area contributed by atoms with Crippen molar-refractivity contribution in [3.05, 3.63) is 131 Å². The first kappa shape index (κ1) is 61.5. The maximum absolute atomic E-state index is 13.6. The molecule has 4 fully saturated rings. The first-order valence-corrected chi connectivity index (χ1v) is 30.1. The van der Waals surface area contributed by atoms with Crippen molar-refractivity contribution in [2.45, 2.75) is 74.3 Å². The Hall–Kier alpha value is -4.71. The Morgan fingerprint density at radius 1 is 0.597 bits per heavy atom. The molecule has 0 aromatic heterocycles. The number of carbonyl (C=O) groups is 2. The van der Waals surface area contributed by atoms with Crippen molar-refractivity contribution < 1.29 is 54.8 Å². The molecule has 2 saturated carbocycles. The normalized spacial score (nSPS) is 22.3. The summed E-state index contributed by atoms with van der Waals surface area (Å²) < 4.78 is 84.3. The zero-order valence-corrected chi connectivity index (χ0v) is 47.4. The molecule has 4 aromatic rings. The lowest BCUT2D eigenvalue weighted by atomic mass is 9.68. The van der Waals surface area contributed by atoms with Crippen molar-refractivity contribution in [3.8, 4) is 11.5 Å². The van der Waals surface area contributed by atoms with E-state index in [4.69, 9.17) is 39.1 Å². The molecule has 0 radical (unpaired) electrons. The Kier molecular flexibility index (Phi) is 24.4. The highest BCUT2D eigenvalue weighted by Gasteiger charge is 2.43. The molecule has 0 spiro atoms. The van der Waals surface area contributed by atoms with Gasteiger partial charge in [-0.05, 0) is 86.8 Å². The van der Waals surface area contributed by atoms with E-state index in [1.54, 1.807) is 50.9 Å². The fourth-order valence-electron chi connectivity index (χ4n) is 10.6. The number of halogens is 1. The summed E-state index contributed by atoms with van der Waals surface area (Å²) in [6, 6.07) is 35.7. The zero-order valence-electron chi connectivity index (χ0n) is 45.0. The molecule has 2 aliphatic carbocycles. The molecule has 2 saturated heterocycles. The number of nitrogens with zero attached hydrogens (tertiary/aromatic N) is 3. The van der Waals surface area contributed by atoms with E-state index in [9.17, 15) is 26.4 Å². The summed E-state index contributed by atoms with van der Waals surface area (Å²) in [4.78, 5) is 26.0. The zero-order chi connectivity index (χ0) is 55.2. The second-order valence-electron chi connectivity index (χ2n) is 19.6. The minimum atomic E-state index is -3.64. The third-order valence-electron chi connectivity index (χ3n) is 15.0. The highest BCUT2D eigenvalue weighted by Crippen LogP contribution is 2.42. The van der Waals surface area contributed by atoms with E-state index in [0.29, 0.717) is 120 Å². The van der Waals surface area contributed by atoms with Gasteiger partial charge in [-0.15, -0.1) is 0 Å². The molecule has 2 amide bonds. The molecule has 2 heterocycles.